The van der Waals surface area contributed by atoms with Crippen LogP contribution in [0.1, 0.15) is 30.8 Å². The Balaban J connectivity index is 2.17. The second-order valence-electron chi connectivity index (χ2n) is 5.12. The number of thiazole rings is 1. The summed E-state index contributed by atoms with van der Waals surface area (Å²) < 4.78 is 1.80. The average molecular weight is 300 g/mol. The topological polar surface area (TPSA) is 74.4 Å². The number of rotatable bonds is 5. The largest absolute Gasteiger partial charge is 0.394 e. The fraction of sp³-hybridized carbons (Fsp3) is 0.583. The molecule has 1 aliphatic rings. The summed E-state index contributed by atoms with van der Waals surface area (Å²) in [6.45, 7) is 5.07. The van der Waals surface area contributed by atoms with E-state index in [2.05, 4.69) is 37.0 Å². The number of hydrogen-bond acceptors (Lipinski definition) is 7. The van der Waals surface area contributed by atoms with E-state index in [9.17, 15) is 5.11 Å². The minimum atomic E-state index is 0.0156. The summed E-state index contributed by atoms with van der Waals surface area (Å²) in [5, 5.41) is 13.4. The number of aromatic nitrogens is 1. The fourth-order valence-electron chi connectivity index (χ4n) is 2.16. The molecule has 5 nitrogen and oxygen atoms in total. The second-order valence-corrected chi connectivity index (χ2v) is 6.75. The molecule has 0 aromatic carbocycles. The van der Waals surface area contributed by atoms with Crippen LogP contribution in [0, 0.1) is 5.92 Å². The molecule has 1 aromatic heterocycles. The molecule has 0 amide bonds. The zero-order valence-electron chi connectivity index (χ0n) is 11.1. The van der Waals surface area contributed by atoms with Gasteiger partial charge in [-0.25, -0.2) is 4.98 Å². The van der Waals surface area contributed by atoms with Crippen LogP contribution in [-0.2, 0) is 6.54 Å². The van der Waals surface area contributed by atoms with Crippen molar-refractivity contribution in [3.8, 4) is 0 Å². The first-order chi connectivity index (χ1) is 8.99. The molecule has 0 spiro atoms. The molecule has 106 valence electrons. The van der Waals surface area contributed by atoms with E-state index >= 15 is 0 Å². The number of hydrogen-bond donors (Lipinski definition) is 4. The van der Waals surface area contributed by atoms with E-state index in [0.29, 0.717) is 17.6 Å². The summed E-state index contributed by atoms with van der Waals surface area (Å²) >= 11 is 5.85. The summed E-state index contributed by atoms with van der Waals surface area (Å²) in [6, 6.07) is 0.0156. The van der Waals surface area contributed by atoms with Gasteiger partial charge in [0.05, 0.1) is 23.7 Å². The number of aliphatic hydroxyl groups is 1. The zero-order valence-corrected chi connectivity index (χ0v) is 12.8. The molecule has 1 unspecified atom stereocenters. The Bertz CT molecular complexity index is 472. The molecular weight excluding hydrogens is 280 g/mol. The number of nitrogens with two attached hydrogens (primary N) is 1. The van der Waals surface area contributed by atoms with Crippen LogP contribution in [-0.4, -0.2) is 27.0 Å². The third kappa shape index (κ3) is 3.55. The highest BCUT2D eigenvalue weighted by Crippen LogP contribution is 2.31. The molecule has 0 saturated heterocycles. The highest BCUT2D eigenvalue weighted by molar-refractivity contribution is 7.77. The molecule has 0 bridgehead atoms. The first kappa shape index (κ1) is 14.5. The van der Waals surface area contributed by atoms with Crippen molar-refractivity contribution in [3.05, 3.63) is 16.8 Å². The van der Waals surface area contributed by atoms with Gasteiger partial charge in [0.1, 0.15) is 5.69 Å². The second kappa shape index (κ2) is 6.02. The van der Waals surface area contributed by atoms with Crippen molar-refractivity contribution in [2.24, 2.45) is 5.92 Å². The van der Waals surface area contributed by atoms with Crippen LogP contribution in [0.25, 0.3) is 5.70 Å². The summed E-state index contributed by atoms with van der Waals surface area (Å²) in [4.78, 5) is 5.45. The monoisotopic (exact) mass is 300 g/mol. The first-order valence-electron chi connectivity index (χ1n) is 6.30. The van der Waals surface area contributed by atoms with Crippen molar-refractivity contribution in [2.45, 2.75) is 32.9 Å². The fourth-order valence-corrected chi connectivity index (χ4v) is 3.36. The molecule has 4 N–H and O–H groups in total. The molecule has 0 radical (unpaired) electrons. The highest BCUT2D eigenvalue weighted by Gasteiger charge is 2.22. The van der Waals surface area contributed by atoms with Crippen molar-refractivity contribution < 1.29 is 5.11 Å². The maximum atomic E-state index is 9.46. The van der Waals surface area contributed by atoms with Crippen LogP contribution in [0.5, 0.6) is 0 Å². The SMILES string of the molecule is CC(C)CC(CO)NC1=CN(S)Cc2sc(N)nc21. The predicted molar refractivity (Wildman–Crippen MR) is 82.5 cm³/mol. The minimum absolute atomic E-state index is 0.0156. The van der Waals surface area contributed by atoms with Gasteiger partial charge in [0, 0.05) is 12.2 Å². The lowest BCUT2D eigenvalue weighted by atomic mass is 10.0. The predicted octanol–water partition coefficient (Wildman–Crippen LogP) is 1.68. The van der Waals surface area contributed by atoms with Crippen molar-refractivity contribution in [2.75, 3.05) is 12.3 Å². The van der Waals surface area contributed by atoms with Gasteiger partial charge in [0.2, 0.25) is 0 Å². The number of nitrogens with zero attached hydrogens (tertiary/aromatic N) is 2. The lowest BCUT2D eigenvalue weighted by Crippen LogP contribution is -2.34. The number of nitrogens with one attached hydrogen (secondary N) is 1. The van der Waals surface area contributed by atoms with Gasteiger partial charge in [-0.2, -0.15) is 0 Å². The van der Waals surface area contributed by atoms with E-state index in [-0.39, 0.29) is 12.6 Å². The first-order valence-corrected chi connectivity index (χ1v) is 7.51. The van der Waals surface area contributed by atoms with Gasteiger partial charge in [-0.1, -0.05) is 38.0 Å². The van der Waals surface area contributed by atoms with Gasteiger partial charge in [0.25, 0.3) is 0 Å². The van der Waals surface area contributed by atoms with Gasteiger partial charge in [-0.05, 0) is 12.3 Å². The Hall–Kier alpha value is -0.920. The maximum Gasteiger partial charge on any atom is 0.180 e. The summed E-state index contributed by atoms with van der Waals surface area (Å²) in [6.07, 6.45) is 2.79. The Labute approximate surface area is 123 Å². The normalized spacial score (nSPS) is 16.3. The van der Waals surface area contributed by atoms with Crippen molar-refractivity contribution in [1.82, 2.24) is 14.6 Å². The average Bonchev–Trinajstić information content (AvgIpc) is 2.67. The number of nitrogen functional groups attached to an aromatic ring is 1. The molecule has 0 fully saturated rings. The Morgan fingerprint density at radius 2 is 2.37 bits per heavy atom. The van der Waals surface area contributed by atoms with Gasteiger partial charge >= 0.3 is 0 Å². The van der Waals surface area contributed by atoms with Crippen LogP contribution in [0.4, 0.5) is 5.13 Å². The lowest BCUT2D eigenvalue weighted by molar-refractivity contribution is 0.236. The van der Waals surface area contributed by atoms with E-state index in [1.807, 2.05) is 6.20 Å². The van der Waals surface area contributed by atoms with Crippen LogP contribution in [0.2, 0.25) is 0 Å². The number of fused-ring (bicyclic) bond motifs is 1. The maximum absolute atomic E-state index is 9.46. The third-order valence-electron chi connectivity index (χ3n) is 2.89. The molecule has 7 heteroatoms. The van der Waals surface area contributed by atoms with E-state index in [1.54, 1.807) is 4.31 Å². The minimum Gasteiger partial charge on any atom is -0.394 e. The molecule has 1 atom stereocenters. The molecule has 0 saturated carbocycles. The van der Waals surface area contributed by atoms with E-state index in [4.69, 9.17) is 5.73 Å². The van der Waals surface area contributed by atoms with Crippen LogP contribution < -0.4 is 11.1 Å². The molecule has 2 rings (SSSR count). The number of anilines is 1. The Morgan fingerprint density at radius 1 is 1.63 bits per heavy atom. The molecule has 19 heavy (non-hydrogen) atoms. The smallest absolute Gasteiger partial charge is 0.180 e. The van der Waals surface area contributed by atoms with Crippen LogP contribution in [0.3, 0.4) is 0 Å². The Kier molecular flexibility index (Phi) is 4.59. The van der Waals surface area contributed by atoms with Crippen LogP contribution >= 0.6 is 24.2 Å². The van der Waals surface area contributed by atoms with Crippen molar-refractivity contribution in [1.29, 1.82) is 0 Å². The summed E-state index contributed by atoms with van der Waals surface area (Å²) in [7, 11) is 0. The van der Waals surface area contributed by atoms with E-state index in [0.717, 1.165) is 22.7 Å². The number of aliphatic hydroxyl groups excluding tert-OH is 1. The van der Waals surface area contributed by atoms with Gasteiger partial charge in [-0.3, -0.25) is 0 Å². The lowest BCUT2D eigenvalue weighted by Gasteiger charge is -2.26. The summed E-state index contributed by atoms with van der Waals surface area (Å²) in [5.41, 5.74) is 7.53. The third-order valence-corrected chi connectivity index (χ3v) is 4.01. The highest BCUT2D eigenvalue weighted by atomic mass is 32.1. The van der Waals surface area contributed by atoms with E-state index in [1.165, 1.54) is 11.3 Å². The quantitative estimate of drug-likeness (QED) is 0.623. The van der Waals surface area contributed by atoms with Crippen molar-refractivity contribution in [3.63, 3.8) is 0 Å². The summed E-state index contributed by atoms with van der Waals surface area (Å²) in [5.74, 6) is 0.515. The van der Waals surface area contributed by atoms with Gasteiger partial charge in [-0.15, -0.1) is 0 Å². The standard InChI is InChI=1S/C12H20N4OS2/c1-7(2)3-8(6-17)14-9-4-16(18)5-10-11(9)15-12(13)19-10/h4,7-8,14,17-18H,3,5-6H2,1-2H3,(H2,13,15). The molecular formula is C12H20N4OS2. The number of thiol groups is 1. The molecule has 1 aliphatic heterocycles. The van der Waals surface area contributed by atoms with Crippen molar-refractivity contribution >= 4 is 35.0 Å². The van der Waals surface area contributed by atoms with E-state index < -0.39 is 0 Å². The molecule has 0 aliphatic carbocycles. The Morgan fingerprint density at radius 3 is 3.00 bits per heavy atom. The van der Waals surface area contributed by atoms with Gasteiger partial charge < -0.3 is 20.5 Å². The van der Waals surface area contributed by atoms with Gasteiger partial charge in [0.15, 0.2) is 5.13 Å². The van der Waals surface area contributed by atoms with Crippen LogP contribution in [0.15, 0.2) is 6.20 Å². The molecule has 2 heterocycles. The molecule has 1 aromatic rings. The zero-order chi connectivity index (χ0) is 14.0.